The number of benzene rings is 1. The van der Waals surface area contributed by atoms with E-state index in [9.17, 15) is 4.79 Å². The van der Waals surface area contributed by atoms with E-state index in [4.69, 9.17) is 0 Å². The highest BCUT2D eigenvalue weighted by molar-refractivity contribution is 7.96. The number of fused-ring (bicyclic) bond motifs is 1. The number of carbonyl (C=O) groups excluding carboxylic acids is 1. The molecule has 2 rings (SSSR count). The number of hydrogen-bond donors (Lipinski definition) is 3. The van der Waals surface area contributed by atoms with Gasteiger partial charge in [0.05, 0.1) is 6.04 Å². The largest absolute Gasteiger partial charge is 0.361 e. The van der Waals surface area contributed by atoms with Crippen LogP contribution in [-0.4, -0.2) is 22.7 Å². The number of carbonyl (C=O) groups is 1. The second kappa shape index (κ2) is 5.38. The van der Waals surface area contributed by atoms with Crippen molar-refractivity contribution >= 4 is 28.6 Å². The van der Waals surface area contributed by atoms with Gasteiger partial charge in [-0.1, -0.05) is 25.1 Å². The highest BCUT2D eigenvalue weighted by atomic mass is 32.1. The fourth-order valence-corrected chi connectivity index (χ4v) is 2.20. The summed E-state index contributed by atoms with van der Waals surface area (Å²) in [5, 5.41) is 4.20. The van der Waals surface area contributed by atoms with E-state index in [0.29, 0.717) is 6.42 Å². The first-order valence-electron chi connectivity index (χ1n) is 5.73. The quantitative estimate of drug-likeness (QED) is 0.710. The van der Waals surface area contributed by atoms with Crippen molar-refractivity contribution in [3.8, 4) is 0 Å². The second-order valence-corrected chi connectivity index (χ2v) is 4.45. The van der Waals surface area contributed by atoms with Gasteiger partial charge in [-0.15, -0.1) is 12.6 Å². The number of H-pyrrole nitrogens is 1. The highest BCUT2D eigenvalue weighted by Crippen LogP contribution is 2.19. The predicted molar refractivity (Wildman–Crippen MR) is 73.5 cm³/mol. The molecule has 0 aliphatic heterocycles. The van der Waals surface area contributed by atoms with Crippen LogP contribution in [0.1, 0.15) is 12.5 Å². The summed E-state index contributed by atoms with van der Waals surface area (Å²) in [6, 6.07) is 7.87. The maximum absolute atomic E-state index is 11.4. The van der Waals surface area contributed by atoms with Crippen molar-refractivity contribution in [3.05, 3.63) is 36.0 Å². The standard InChI is InChI=1S/C13H16N2OS/c1-2-14-12(13(16)17)7-9-8-15-11-6-4-3-5-10(9)11/h3-6,8,12,14-15H,2,7H2,1H3,(H,16,17)/t12-/m0/s1. The highest BCUT2D eigenvalue weighted by Gasteiger charge is 2.16. The number of nitrogens with one attached hydrogen (secondary N) is 2. The monoisotopic (exact) mass is 248 g/mol. The molecule has 0 unspecified atom stereocenters. The van der Waals surface area contributed by atoms with Gasteiger partial charge in [-0.25, -0.2) is 0 Å². The molecule has 2 N–H and O–H groups in total. The number of rotatable bonds is 5. The van der Waals surface area contributed by atoms with E-state index < -0.39 is 0 Å². The zero-order valence-corrected chi connectivity index (χ0v) is 10.6. The van der Waals surface area contributed by atoms with Gasteiger partial charge in [0.1, 0.15) is 0 Å². The van der Waals surface area contributed by atoms with Crippen LogP contribution in [0.5, 0.6) is 0 Å². The van der Waals surface area contributed by atoms with Gasteiger partial charge in [-0.3, -0.25) is 4.79 Å². The Bertz CT molecular complexity index is 521. The molecule has 0 radical (unpaired) electrons. The van der Waals surface area contributed by atoms with E-state index in [0.717, 1.165) is 17.6 Å². The molecule has 0 fully saturated rings. The molecule has 17 heavy (non-hydrogen) atoms. The predicted octanol–water partition coefficient (Wildman–Crippen LogP) is 2.14. The molecule has 0 amide bonds. The van der Waals surface area contributed by atoms with Gasteiger partial charge in [-0.2, -0.15) is 0 Å². The Balaban J connectivity index is 2.25. The van der Waals surface area contributed by atoms with E-state index in [1.165, 1.54) is 5.39 Å². The lowest BCUT2D eigenvalue weighted by atomic mass is 10.1. The fraction of sp³-hybridized carbons (Fsp3) is 0.308. The zero-order chi connectivity index (χ0) is 12.3. The van der Waals surface area contributed by atoms with Crippen molar-refractivity contribution in [2.24, 2.45) is 0 Å². The summed E-state index contributed by atoms with van der Waals surface area (Å²) in [6.45, 7) is 2.75. The minimum atomic E-state index is -0.220. The summed E-state index contributed by atoms with van der Waals surface area (Å²) < 4.78 is 0. The smallest absolute Gasteiger partial charge is 0.203 e. The number of hydrogen-bond acceptors (Lipinski definition) is 2. The molecule has 4 heteroatoms. The van der Waals surface area contributed by atoms with Crippen LogP contribution < -0.4 is 5.32 Å². The zero-order valence-electron chi connectivity index (χ0n) is 9.73. The van der Waals surface area contributed by atoms with Crippen LogP contribution in [0.15, 0.2) is 30.5 Å². The Morgan fingerprint density at radius 3 is 2.94 bits per heavy atom. The van der Waals surface area contributed by atoms with Crippen molar-refractivity contribution in [2.75, 3.05) is 6.54 Å². The van der Waals surface area contributed by atoms with Crippen molar-refractivity contribution in [1.82, 2.24) is 10.3 Å². The molecule has 0 aliphatic rings. The van der Waals surface area contributed by atoms with E-state index in [1.54, 1.807) is 0 Å². The molecule has 0 spiro atoms. The van der Waals surface area contributed by atoms with Crippen LogP contribution in [0.4, 0.5) is 0 Å². The molecule has 2 aromatic rings. The first-order valence-corrected chi connectivity index (χ1v) is 6.18. The Morgan fingerprint density at radius 1 is 1.47 bits per heavy atom. The van der Waals surface area contributed by atoms with E-state index >= 15 is 0 Å². The van der Waals surface area contributed by atoms with Gasteiger partial charge in [0.25, 0.3) is 0 Å². The van der Waals surface area contributed by atoms with Crippen LogP contribution >= 0.6 is 12.6 Å². The van der Waals surface area contributed by atoms with Crippen LogP contribution in [-0.2, 0) is 11.2 Å². The van der Waals surface area contributed by atoms with Crippen LogP contribution in [0.25, 0.3) is 10.9 Å². The third kappa shape index (κ3) is 2.70. The van der Waals surface area contributed by atoms with E-state index in [2.05, 4.69) is 29.0 Å². The Labute approximate surface area is 106 Å². The van der Waals surface area contributed by atoms with Crippen molar-refractivity contribution in [1.29, 1.82) is 0 Å². The molecule has 0 saturated carbocycles. The Morgan fingerprint density at radius 2 is 2.24 bits per heavy atom. The molecule has 0 saturated heterocycles. The summed E-state index contributed by atoms with van der Waals surface area (Å²) >= 11 is 3.92. The lowest BCUT2D eigenvalue weighted by molar-refractivity contribution is -0.112. The topological polar surface area (TPSA) is 44.9 Å². The maximum atomic E-state index is 11.4. The van der Waals surface area contributed by atoms with Gasteiger partial charge < -0.3 is 10.3 Å². The molecule has 1 aromatic heterocycles. The SMILES string of the molecule is CCN[C@@H](Cc1c[nH]c2ccccc12)C(=O)S. The number of aromatic nitrogens is 1. The summed E-state index contributed by atoms with van der Waals surface area (Å²) in [5.41, 5.74) is 2.25. The van der Waals surface area contributed by atoms with Crippen LogP contribution in [0.2, 0.25) is 0 Å². The molecule has 0 aliphatic carbocycles. The molecule has 1 atom stereocenters. The summed E-state index contributed by atoms with van der Waals surface area (Å²) in [6.07, 6.45) is 2.63. The first-order chi connectivity index (χ1) is 8.22. The van der Waals surface area contributed by atoms with Gasteiger partial charge in [0.15, 0.2) is 0 Å². The van der Waals surface area contributed by atoms with Gasteiger partial charge in [0, 0.05) is 17.1 Å². The minimum absolute atomic E-state index is 0.114. The minimum Gasteiger partial charge on any atom is -0.361 e. The van der Waals surface area contributed by atoms with Crippen molar-refractivity contribution in [3.63, 3.8) is 0 Å². The number of para-hydroxylation sites is 1. The third-order valence-electron chi connectivity index (χ3n) is 2.85. The number of thiol groups is 1. The van der Waals surface area contributed by atoms with E-state index in [1.807, 2.05) is 31.3 Å². The van der Waals surface area contributed by atoms with Crippen molar-refractivity contribution in [2.45, 2.75) is 19.4 Å². The number of likely N-dealkylation sites (N-methyl/N-ethyl adjacent to an activating group) is 1. The Hall–Kier alpha value is -1.26. The van der Waals surface area contributed by atoms with Crippen LogP contribution in [0.3, 0.4) is 0 Å². The van der Waals surface area contributed by atoms with Gasteiger partial charge in [0.2, 0.25) is 5.12 Å². The fourth-order valence-electron chi connectivity index (χ4n) is 2.01. The molecule has 1 aromatic carbocycles. The molecule has 90 valence electrons. The average Bonchev–Trinajstić information content (AvgIpc) is 2.72. The lowest BCUT2D eigenvalue weighted by Gasteiger charge is -2.13. The molecule has 1 heterocycles. The summed E-state index contributed by atoms with van der Waals surface area (Å²) in [4.78, 5) is 14.6. The number of aromatic amines is 1. The maximum Gasteiger partial charge on any atom is 0.203 e. The van der Waals surface area contributed by atoms with Gasteiger partial charge >= 0.3 is 0 Å². The lowest BCUT2D eigenvalue weighted by Crippen LogP contribution is -2.36. The summed E-state index contributed by atoms with van der Waals surface area (Å²) in [5.74, 6) is 0. The first kappa shape index (κ1) is 12.2. The molecule has 3 nitrogen and oxygen atoms in total. The molecular weight excluding hydrogens is 232 g/mol. The molecular formula is C13H16N2OS. The average molecular weight is 248 g/mol. The third-order valence-corrected chi connectivity index (χ3v) is 3.16. The van der Waals surface area contributed by atoms with Crippen LogP contribution in [0, 0.1) is 0 Å². The normalized spacial score (nSPS) is 12.8. The summed E-state index contributed by atoms with van der Waals surface area (Å²) in [7, 11) is 0. The second-order valence-electron chi connectivity index (χ2n) is 4.01. The van der Waals surface area contributed by atoms with Gasteiger partial charge in [-0.05, 0) is 24.6 Å². The van der Waals surface area contributed by atoms with E-state index in [-0.39, 0.29) is 11.2 Å². The van der Waals surface area contributed by atoms with Crippen molar-refractivity contribution < 1.29 is 4.79 Å². The molecule has 0 bridgehead atoms. The Kier molecular flexibility index (Phi) is 3.86.